The Morgan fingerprint density at radius 2 is 2.00 bits per heavy atom. The van der Waals surface area contributed by atoms with E-state index >= 15 is 0 Å². The second kappa shape index (κ2) is 6.73. The number of nitrogens with zero attached hydrogens (tertiary/aromatic N) is 1. The lowest BCUT2D eigenvalue weighted by Crippen LogP contribution is -1.94. The Balaban J connectivity index is 2.64. The van der Waals surface area contributed by atoms with Crippen LogP contribution in [0, 0.1) is 11.3 Å². The van der Waals surface area contributed by atoms with Crippen LogP contribution in [-0.2, 0) is 6.42 Å². The van der Waals surface area contributed by atoms with Crippen molar-refractivity contribution in [1.29, 1.82) is 5.26 Å². The maximum atomic E-state index is 8.45. The summed E-state index contributed by atoms with van der Waals surface area (Å²) >= 11 is 0. The largest absolute Gasteiger partial charge is 0.497 e. The second-order valence-corrected chi connectivity index (χ2v) is 3.54. The van der Waals surface area contributed by atoms with Gasteiger partial charge in [-0.25, -0.2) is 0 Å². The highest BCUT2D eigenvalue weighted by molar-refractivity contribution is 5.40. The zero-order valence-electron chi connectivity index (χ0n) is 9.82. The first-order valence-corrected chi connectivity index (χ1v) is 5.39. The number of benzene rings is 1. The van der Waals surface area contributed by atoms with Gasteiger partial charge in [0.2, 0.25) is 0 Å². The van der Waals surface area contributed by atoms with Gasteiger partial charge in [0.05, 0.1) is 20.3 Å². The molecule has 0 radical (unpaired) electrons. The van der Waals surface area contributed by atoms with Crippen LogP contribution in [0.2, 0.25) is 0 Å². The van der Waals surface area contributed by atoms with Crippen LogP contribution in [0.25, 0.3) is 0 Å². The molecular formula is C13H17NO2. The van der Waals surface area contributed by atoms with Gasteiger partial charge in [-0.1, -0.05) is 0 Å². The Kier molecular flexibility index (Phi) is 5.21. The third-order valence-electron chi connectivity index (χ3n) is 2.47. The van der Waals surface area contributed by atoms with Crippen molar-refractivity contribution in [2.24, 2.45) is 0 Å². The van der Waals surface area contributed by atoms with Gasteiger partial charge in [0, 0.05) is 6.42 Å². The van der Waals surface area contributed by atoms with Crippen LogP contribution >= 0.6 is 0 Å². The van der Waals surface area contributed by atoms with Crippen molar-refractivity contribution in [1.82, 2.24) is 0 Å². The van der Waals surface area contributed by atoms with Gasteiger partial charge < -0.3 is 9.47 Å². The highest BCUT2D eigenvalue weighted by Crippen LogP contribution is 2.25. The third kappa shape index (κ3) is 3.47. The first-order valence-electron chi connectivity index (χ1n) is 5.39. The summed E-state index contributed by atoms with van der Waals surface area (Å²) in [6.07, 6.45) is 3.46. The number of ether oxygens (including phenoxy) is 2. The molecule has 3 heteroatoms. The van der Waals surface area contributed by atoms with E-state index in [1.54, 1.807) is 14.2 Å². The van der Waals surface area contributed by atoms with Crippen LogP contribution in [-0.4, -0.2) is 14.2 Å². The lowest BCUT2D eigenvalue weighted by atomic mass is 10.1. The standard InChI is InChI=1S/C13H17NO2/c1-15-12-7-8-13(16-2)11(10-12)6-4-3-5-9-14/h7-8,10H,3-6H2,1-2H3. The molecule has 86 valence electrons. The molecule has 0 heterocycles. The first kappa shape index (κ1) is 12.4. The number of hydrogen-bond acceptors (Lipinski definition) is 3. The predicted molar refractivity (Wildman–Crippen MR) is 62.7 cm³/mol. The van der Waals surface area contributed by atoms with Gasteiger partial charge >= 0.3 is 0 Å². The van der Waals surface area contributed by atoms with Gasteiger partial charge in [-0.2, -0.15) is 5.26 Å². The van der Waals surface area contributed by atoms with E-state index in [9.17, 15) is 0 Å². The van der Waals surface area contributed by atoms with Crippen LogP contribution in [0.4, 0.5) is 0 Å². The number of hydrogen-bond donors (Lipinski definition) is 0. The fourth-order valence-corrected chi connectivity index (χ4v) is 1.60. The average Bonchev–Trinajstić information content (AvgIpc) is 2.34. The smallest absolute Gasteiger partial charge is 0.122 e. The molecule has 0 spiro atoms. The van der Waals surface area contributed by atoms with E-state index in [1.165, 1.54) is 0 Å². The number of unbranched alkanes of at least 4 members (excludes halogenated alkanes) is 2. The van der Waals surface area contributed by atoms with Gasteiger partial charge in [0.25, 0.3) is 0 Å². The molecule has 0 saturated heterocycles. The molecule has 1 rings (SSSR count). The van der Waals surface area contributed by atoms with E-state index in [0.717, 1.165) is 36.3 Å². The van der Waals surface area contributed by atoms with Crippen LogP contribution in [0.5, 0.6) is 11.5 Å². The van der Waals surface area contributed by atoms with Crippen molar-refractivity contribution in [3.8, 4) is 17.6 Å². The summed E-state index contributed by atoms with van der Waals surface area (Å²) in [6, 6.07) is 7.94. The van der Waals surface area contributed by atoms with Gasteiger partial charge in [-0.3, -0.25) is 0 Å². The fraction of sp³-hybridized carbons (Fsp3) is 0.462. The summed E-state index contributed by atoms with van der Waals surface area (Å²) in [7, 11) is 3.32. The van der Waals surface area contributed by atoms with Crippen molar-refractivity contribution in [2.75, 3.05) is 14.2 Å². The van der Waals surface area contributed by atoms with Crippen LogP contribution < -0.4 is 9.47 Å². The number of rotatable bonds is 6. The minimum Gasteiger partial charge on any atom is -0.497 e. The van der Waals surface area contributed by atoms with E-state index in [4.69, 9.17) is 14.7 Å². The lowest BCUT2D eigenvalue weighted by Gasteiger charge is -2.09. The number of aryl methyl sites for hydroxylation is 1. The molecular weight excluding hydrogens is 202 g/mol. The molecule has 0 saturated carbocycles. The molecule has 0 aliphatic carbocycles. The summed E-state index contributed by atoms with van der Waals surface area (Å²) in [5.74, 6) is 1.73. The van der Waals surface area contributed by atoms with Crippen LogP contribution in [0.3, 0.4) is 0 Å². The molecule has 0 bridgehead atoms. The Morgan fingerprint density at radius 3 is 2.62 bits per heavy atom. The molecule has 3 nitrogen and oxygen atoms in total. The maximum absolute atomic E-state index is 8.45. The van der Waals surface area contributed by atoms with Gasteiger partial charge in [-0.15, -0.1) is 0 Å². The molecule has 0 N–H and O–H groups in total. The third-order valence-corrected chi connectivity index (χ3v) is 2.47. The minimum absolute atomic E-state index is 0.617. The first-order chi connectivity index (χ1) is 7.81. The minimum atomic E-state index is 0.617. The van der Waals surface area contributed by atoms with E-state index < -0.39 is 0 Å². The summed E-state index contributed by atoms with van der Waals surface area (Å²) < 4.78 is 10.5. The topological polar surface area (TPSA) is 42.2 Å². The van der Waals surface area contributed by atoms with E-state index in [1.807, 2.05) is 18.2 Å². The lowest BCUT2D eigenvalue weighted by molar-refractivity contribution is 0.398. The van der Waals surface area contributed by atoms with Crippen LogP contribution in [0.15, 0.2) is 18.2 Å². The van der Waals surface area contributed by atoms with Gasteiger partial charge in [-0.05, 0) is 43.0 Å². The Morgan fingerprint density at radius 1 is 1.19 bits per heavy atom. The molecule has 0 aliphatic rings. The molecule has 1 aromatic rings. The molecule has 0 amide bonds. The summed E-state index contributed by atoms with van der Waals surface area (Å²) in [5, 5.41) is 8.45. The Bertz CT molecular complexity index is 369. The zero-order chi connectivity index (χ0) is 11.8. The molecule has 0 aromatic heterocycles. The molecule has 0 aliphatic heterocycles. The average molecular weight is 219 g/mol. The fourth-order valence-electron chi connectivity index (χ4n) is 1.60. The molecule has 1 aromatic carbocycles. The number of nitriles is 1. The maximum Gasteiger partial charge on any atom is 0.122 e. The van der Waals surface area contributed by atoms with E-state index in [0.29, 0.717) is 6.42 Å². The molecule has 0 atom stereocenters. The normalized spacial score (nSPS) is 9.56. The molecule has 16 heavy (non-hydrogen) atoms. The molecule has 0 fully saturated rings. The SMILES string of the molecule is COc1ccc(OC)c(CCCCC#N)c1. The molecule has 0 unspecified atom stereocenters. The summed E-state index contributed by atoms with van der Waals surface area (Å²) in [6.45, 7) is 0. The van der Waals surface area contributed by atoms with Crippen molar-refractivity contribution >= 4 is 0 Å². The van der Waals surface area contributed by atoms with Crippen molar-refractivity contribution in [2.45, 2.75) is 25.7 Å². The monoisotopic (exact) mass is 219 g/mol. The second-order valence-electron chi connectivity index (χ2n) is 3.54. The zero-order valence-corrected chi connectivity index (χ0v) is 9.82. The van der Waals surface area contributed by atoms with E-state index in [2.05, 4.69) is 6.07 Å². The van der Waals surface area contributed by atoms with Gasteiger partial charge in [0.1, 0.15) is 11.5 Å². The quantitative estimate of drug-likeness (QED) is 0.691. The van der Waals surface area contributed by atoms with E-state index in [-0.39, 0.29) is 0 Å². The van der Waals surface area contributed by atoms with Crippen LogP contribution in [0.1, 0.15) is 24.8 Å². The highest BCUT2D eigenvalue weighted by atomic mass is 16.5. The van der Waals surface area contributed by atoms with Crippen molar-refractivity contribution in [3.05, 3.63) is 23.8 Å². The summed E-state index contributed by atoms with van der Waals surface area (Å²) in [5.41, 5.74) is 1.14. The Labute approximate surface area is 96.6 Å². The van der Waals surface area contributed by atoms with Crippen molar-refractivity contribution < 1.29 is 9.47 Å². The van der Waals surface area contributed by atoms with Gasteiger partial charge in [0.15, 0.2) is 0 Å². The highest BCUT2D eigenvalue weighted by Gasteiger charge is 2.04. The predicted octanol–water partition coefficient (Wildman–Crippen LogP) is 2.94. The number of methoxy groups -OCH3 is 2. The Hall–Kier alpha value is -1.69. The van der Waals surface area contributed by atoms with Crippen molar-refractivity contribution in [3.63, 3.8) is 0 Å². The summed E-state index contributed by atoms with van der Waals surface area (Å²) in [4.78, 5) is 0.